The molecule has 0 fully saturated rings. The summed E-state index contributed by atoms with van der Waals surface area (Å²) in [5, 5.41) is 3.42. The Kier molecular flexibility index (Phi) is 4.66. The SMILES string of the molecule is COCC(C)NCc1cc2c(cc1OC)CC(C)O2. The summed E-state index contributed by atoms with van der Waals surface area (Å²) >= 11 is 0. The van der Waals surface area contributed by atoms with Crippen molar-refractivity contribution < 1.29 is 14.2 Å². The van der Waals surface area contributed by atoms with Crippen molar-refractivity contribution >= 4 is 0 Å². The van der Waals surface area contributed by atoms with Crippen LogP contribution in [0.4, 0.5) is 0 Å². The summed E-state index contributed by atoms with van der Waals surface area (Å²) in [6.07, 6.45) is 1.22. The summed E-state index contributed by atoms with van der Waals surface area (Å²) < 4.78 is 16.4. The van der Waals surface area contributed by atoms with Crippen molar-refractivity contribution in [2.24, 2.45) is 0 Å². The first kappa shape index (κ1) is 14.2. The Bertz CT molecular complexity index is 434. The van der Waals surface area contributed by atoms with Crippen LogP contribution in [-0.2, 0) is 17.7 Å². The van der Waals surface area contributed by atoms with Crippen molar-refractivity contribution in [3.05, 3.63) is 23.3 Å². The lowest BCUT2D eigenvalue weighted by Crippen LogP contribution is -2.29. The van der Waals surface area contributed by atoms with E-state index >= 15 is 0 Å². The maximum atomic E-state index is 5.79. The minimum atomic E-state index is 0.260. The number of hydrogen-bond acceptors (Lipinski definition) is 4. The highest BCUT2D eigenvalue weighted by Gasteiger charge is 2.21. The second kappa shape index (κ2) is 6.26. The molecule has 19 heavy (non-hydrogen) atoms. The van der Waals surface area contributed by atoms with E-state index < -0.39 is 0 Å². The number of benzene rings is 1. The standard InChI is InChI=1S/C15H23NO3/c1-10(9-17-3)16-8-13-7-15-12(5-11(2)19-15)6-14(13)18-4/h6-7,10-11,16H,5,8-9H2,1-4H3. The predicted octanol–water partition coefficient (Wildman–Crippen LogP) is 2.14. The van der Waals surface area contributed by atoms with Crippen LogP contribution in [-0.4, -0.2) is 33.0 Å². The van der Waals surface area contributed by atoms with Crippen LogP contribution < -0.4 is 14.8 Å². The van der Waals surface area contributed by atoms with Gasteiger partial charge in [0.05, 0.1) is 13.7 Å². The first-order valence-corrected chi connectivity index (χ1v) is 6.72. The number of hydrogen-bond donors (Lipinski definition) is 1. The van der Waals surface area contributed by atoms with E-state index in [1.165, 1.54) is 5.56 Å². The van der Waals surface area contributed by atoms with Crippen LogP contribution in [0.1, 0.15) is 25.0 Å². The lowest BCUT2D eigenvalue weighted by molar-refractivity contribution is 0.171. The van der Waals surface area contributed by atoms with Gasteiger partial charge >= 0.3 is 0 Å². The zero-order valence-corrected chi connectivity index (χ0v) is 12.2. The maximum Gasteiger partial charge on any atom is 0.123 e. The molecule has 4 nitrogen and oxygen atoms in total. The first-order chi connectivity index (χ1) is 9.13. The molecule has 0 saturated carbocycles. The molecule has 1 heterocycles. The van der Waals surface area contributed by atoms with Crippen LogP contribution in [0.2, 0.25) is 0 Å². The van der Waals surface area contributed by atoms with Gasteiger partial charge in [-0.2, -0.15) is 0 Å². The molecule has 2 rings (SSSR count). The van der Waals surface area contributed by atoms with E-state index in [0.717, 1.165) is 30.0 Å². The Hall–Kier alpha value is -1.26. The van der Waals surface area contributed by atoms with Gasteiger partial charge in [0.1, 0.15) is 17.6 Å². The van der Waals surface area contributed by atoms with Crippen LogP contribution in [0.5, 0.6) is 11.5 Å². The second-order valence-electron chi connectivity index (χ2n) is 5.14. The van der Waals surface area contributed by atoms with Crippen molar-refractivity contribution in [3.63, 3.8) is 0 Å². The van der Waals surface area contributed by atoms with E-state index in [4.69, 9.17) is 14.2 Å². The van der Waals surface area contributed by atoms with Gasteiger partial charge in [0.25, 0.3) is 0 Å². The van der Waals surface area contributed by atoms with Crippen molar-refractivity contribution in [3.8, 4) is 11.5 Å². The molecule has 2 unspecified atom stereocenters. The van der Waals surface area contributed by atoms with E-state index in [-0.39, 0.29) is 6.10 Å². The molecule has 4 heteroatoms. The van der Waals surface area contributed by atoms with Gasteiger partial charge in [-0.3, -0.25) is 0 Å². The lowest BCUT2D eigenvalue weighted by atomic mass is 10.1. The van der Waals surface area contributed by atoms with Gasteiger partial charge in [0, 0.05) is 37.2 Å². The Morgan fingerprint density at radius 2 is 2.21 bits per heavy atom. The Balaban J connectivity index is 2.09. The summed E-state index contributed by atoms with van der Waals surface area (Å²) in [5.41, 5.74) is 2.36. The molecule has 0 aliphatic carbocycles. The van der Waals surface area contributed by atoms with Gasteiger partial charge < -0.3 is 19.5 Å². The quantitative estimate of drug-likeness (QED) is 0.855. The Morgan fingerprint density at radius 1 is 1.42 bits per heavy atom. The molecular formula is C15H23NO3. The predicted molar refractivity (Wildman–Crippen MR) is 75.0 cm³/mol. The topological polar surface area (TPSA) is 39.7 Å². The van der Waals surface area contributed by atoms with Gasteiger partial charge in [0.2, 0.25) is 0 Å². The molecule has 0 aromatic heterocycles. The molecule has 1 aliphatic rings. The molecule has 106 valence electrons. The molecule has 1 aromatic rings. The molecule has 0 spiro atoms. The normalized spacial score (nSPS) is 18.8. The molecule has 1 aliphatic heterocycles. The summed E-state index contributed by atoms with van der Waals surface area (Å²) in [6.45, 7) is 5.63. The fraction of sp³-hybridized carbons (Fsp3) is 0.600. The van der Waals surface area contributed by atoms with Gasteiger partial charge in [-0.15, -0.1) is 0 Å². The van der Waals surface area contributed by atoms with Gasteiger partial charge in [0.15, 0.2) is 0 Å². The third-order valence-corrected chi connectivity index (χ3v) is 3.36. The second-order valence-corrected chi connectivity index (χ2v) is 5.14. The number of nitrogens with one attached hydrogen (secondary N) is 1. The Labute approximate surface area is 115 Å². The molecule has 0 radical (unpaired) electrons. The Morgan fingerprint density at radius 3 is 2.89 bits per heavy atom. The fourth-order valence-corrected chi connectivity index (χ4v) is 2.40. The van der Waals surface area contributed by atoms with E-state index in [0.29, 0.717) is 12.6 Å². The fourth-order valence-electron chi connectivity index (χ4n) is 2.40. The van der Waals surface area contributed by atoms with Gasteiger partial charge in [-0.1, -0.05) is 0 Å². The third kappa shape index (κ3) is 3.39. The summed E-state index contributed by atoms with van der Waals surface area (Å²) in [6, 6.07) is 4.49. The third-order valence-electron chi connectivity index (χ3n) is 3.36. The average Bonchev–Trinajstić information content (AvgIpc) is 2.74. The molecule has 0 bridgehead atoms. The van der Waals surface area contributed by atoms with Crippen molar-refractivity contribution in [2.75, 3.05) is 20.8 Å². The van der Waals surface area contributed by atoms with Crippen LogP contribution in [0.3, 0.4) is 0 Å². The summed E-state index contributed by atoms with van der Waals surface area (Å²) in [4.78, 5) is 0. The first-order valence-electron chi connectivity index (χ1n) is 6.72. The number of fused-ring (bicyclic) bond motifs is 1. The molecule has 0 saturated heterocycles. The van der Waals surface area contributed by atoms with Crippen LogP contribution >= 0.6 is 0 Å². The average molecular weight is 265 g/mol. The summed E-state index contributed by atoms with van der Waals surface area (Å²) in [7, 11) is 3.42. The van der Waals surface area contributed by atoms with Crippen LogP contribution in [0.25, 0.3) is 0 Å². The highest BCUT2D eigenvalue weighted by atomic mass is 16.5. The maximum absolute atomic E-state index is 5.79. The van der Waals surface area contributed by atoms with E-state index in [1.54, 1.807) is 14.2 Å². The highest BCUT2D eigenvalue weighted by Crippen LogP contribution is 2.34. The van der Waals surface area contributed by atoms with Gasteiger partial charge in [-0.25, -0.2) is 0 Å². The zero-order valence-electron chi connectivity index (χ0n) is 12.2. The minimum absolute atomic E-state index is 0.260. The molecular weight excluding hydrogens is 242 g/mol. The summed E-state index contributed by atoms with van der Waals surface area (Å²) in [5.74, 6) is 1.91. The number of methoxy groups -OCH3 is 2. The molecule has 1 N–H and O–H groups in total. The molecule has 0 amide bonds. The van der Waals surface area contributed by atoms with E-state index in [9.17, 15) is 0 Å². The van der Waals surface area contributed by atoms with Crippen molar-refractivity contribution in [2.45, 2.75) is 39.0 Å². The molecule has 1 aromatic carbocycles. The highest BCUT2D eigenvalue weighted by molar-refractivity contribution is 5.48. The monoisotopic (exact) mass is 265 g/mol. The molecule has 2 atom stereocenters. The smallest absolute Gasteiger partial charge is 0.123 e. The van der Waals surface area contributed by atoms with Crippen molar-refractivity contribution in [1.29, 1.82) is 0 Å². The largest absolute Gasteiger partial charge is 0.496 e. The van der Waals surface area contributed by atoms with Gasteiger partial charge in [-0.05, 0) is 26.0 Å². The van der Waals surface area contributed by atoms with Crippen molar-refractivity contribution in [1.82, 2.24) is 5.32 Å². The van der Waals surface area contributed by atoms with Crippen LogP contribution in [0, 0.1) is 0 Å². The van der Waals surface area contributed by atoms with Crippen LogP contribution in [0.15, 0.2) is 12.1 Å². The van der Waals surface area contributed by atoms with E-state index in [2.05, 4.69) is 31.3 Å². The van der Waals surface area contributed by atoms with E-state index in [1.807, 2.05) is 0 Å². The lowest BCUT2D eigenvalue weighted by Gasteiger charge is -2.15. The minimum Gasteiger partial charge on any atom is -0.496 e. The zero-order chi connectivity index (χ0) is 13.8. The number of rotatable bonds is 6. The number of ether oxygens (including phenoxy) is 3.